The van der Waals surface area contributed by atoms with Crippen LogP contribution in [-0.2, 0) is 4.79 Å². The molecule has 0 spiro atoms. The number of aromatic amines is 1. The zero-order valence-corrected chi connectivity index (χ0v) is 11.7. The number of piperidine rings is 1. The molecule has 1 aliphatic heterocycles. The molecule has 21 heavy (non-hydrogen) atoms. The van der Waals surface area contributed by atoms with Crippen LogP contribution in [0.4, 0.5) is 0 Å². The second-order valence-electron chi connectivity index (χ2n) is 5.47. The molecule has 0 unspecified atom stereocenters. The minimum atomic E-state index is -0.834. The van der Waals surface area contributed by atoms with Gasteiger partial charge in [0.2, 0.25) is 0 Å². The number of nitrogens with zero attached hydrogens (tertiary/aromatic N) is 2. The Hall–Kier alpha value is -2.37. The number of aliphatic carboxylic acids is 1. The highest BCUT2D eigenvalue weighted by molar-refractivity contribution is 6.05. The molecule has 0 aliphatic carbocycles. The highest BCUT2D eigenvalue weighted by atomic mass is 16.4. The van der Waals surface area contributed by atoms with Crippen LogP contribution in [0.25, 0.3) is 10.9 Å². The number of carboxylic acids is 1. The van der Waals surface area contributed by atoms with Gasteiger partial charge in [-0.1, -0.05) is 12.1 Å². The van der Waals surface area contributed by atoms with Crippen molar-refractivity contribution in [3.8, 4) is 0 Å². The zero-order valence-electron chi connectivity index (χ0n) is 11.7. The number of para-hydroxylation sites is 1. The van der Waals surface area contributed by atoms with E-state index >= 15 is 0 Å². The molecule has 6 nitrogen and oxygen atoms in total. The first kappa shape index (κ1) is 13.6. The molecule has 0 radical (unpaired) electrons. The van der Waals surface area contributed by atoms with Gasteiger partial charge in [0.05, 0.1) is 23.2 Å². The van der Waals surface area contributed by atoms with Gasteiger partial charge in [0, 0.05) is 18.0 Å². The van der Waals surface area contributed by atoms with Gasteiger partial charge < -0.3 is 10.0 Å². The maximum absolute atomic E-state index is 12.8. The molecule has 1 aliphatic rings. The third-order valence-corrected chi connectivity index (χ3v) is 4.27. The normalized spacial score (nSPS) is 22.4. The molecule has 1 fully saturated rings. The summed E-state index contributed by atoms with van der Waals surface area (Å²) in [6.45, 7) is 2.40. The smallest absolute Gasteiger partial charge is 0.308 e. The molecule has 110 valence electrons. The van der Waals surface area contributed by atoms with Crippen molar-refractivity contribution in [2.45, 2.75) is 25.8 Å². The van der Waals surface area contributed by atoms with Crippen molar-refractivity contribution in [1.29, 1.82) is 0 Å². The Morgan fingerprint density at radius 3 is 3.00 bits per heavy atom. The highest BCUT2D eigenvalue weighted by Gasteiger charge is 2.36. The fraction of sp³-hybridized carbons (Fsp3) is 0.400. The lowest BCUT2D eigenvalue weighted by Crippen LogP contribution is -2.49. The van der Waals surface area contributed by atoms with Crippen LogP contribution >= 0.6 is 0 Å². The molecule has 1 saturated heterocycles. The quantitative estimate of drug-likeness (QED) is 0.883. The van der Waals surface area contributed by atoms with Gasteiger partial charge in [-0.2, -0.15) is 5.10 Å². The second kappa shape index (κ2) is 5.20. The molecular weight excluding hydrogens is 270 g/mol. The Morgan fingerprint density at radius 1 is 1.43 bits per heavy atom. The Balaban J connectivity index is 1.94. The van der Waals surface area contributed by atoms with Crippen LogP contribution in [0.5, 0.6) is 0 Å². The second-order valence-corrected chi connectivity index (χ2v) is 5.47. The topological polar surface area (TPSA) is 86.3 Å². The summed E-state index contributed by atoms with van der Waals surface area (Å²) < 4.78 is 0. The van der Waals surface area contributed by atoms with Crippen molar-refractivity contribution in [1.82, 2.24) is 15.1 Å². The highest BCUT2D eigenvalue weighted by Crippen LogP contribution is 2.27. The first-order valence-electron chi connectivity index (χ1n) is 7.05. The maximum atomic E-state index is 12.8. The van der Waals surface area contributed by atoms with Crippen LogP contribution in [0.2, 0.25) is 0 Å². The van der Waals surface area contributed by atoms with Crippen LogP contribution in [0, 0.1) is 5.92 Å². The number of rotatable bonds is 2. The molecule has 6 heteroatoms. The van der Waals surface area contributed by atoms with E-state index < -0.39 is 11.9 Å². The number of nitrogens with one attached hydrogen (secondary N) is 1. The summed E-state index contributed by atoms with van der Waals surface area (Å²) in [6.07, 6.45) is 3.01. The minimum Gasteiger partial charge on any atom is -0.481 e. The van der Waals surface area contributed by atoms with Crippen molar-refractivity contribution in [2.24, 2.45) is 5.92 Å². The molecule has 1 aromatic heterocycles. The Kier molecular flexibility index (Phi) is 3.37. The van der Waals surface area contributed by atoms with E-state index in [1.165, 1.54) is 0 Å². The number of benzene rings is 1. The largest absolute Gasteiger partial charge is 0.481 e. The number of fused-ring (bicyclic) bond motifs is 1. The molecule has 0 bridgehead atoms. The molecule has 2 N–H and O–H groups in total. The van der Waals surface area contributed by atoms with Crippen molar-refractivity contribution in [3.63, 3.8) is 0 Å². The summed E-state index contributed by atoms with van der Waals surface area (Å²) in [5.74, 6) is -1.47. The standard InChI is InChI=1S/C15H17N3O3/c1-9-11(15(20)21)6-3-7-18(9)14(19)12-5-2-4-10-8-16-17-13(10)12/h2,4-5,8-9,11H,3,6-7H2,1H3,(H,16,17)(H,20,21)/t9-,11-/m1/s1. The van der Waals surface area contributed by atoms with E-state index in [1.54, 1.807) is 17.2 Å². The number of amides is 1. The lowest BCUT2D eigenvalue weighted by molar-refractivity contribution is -0.144. The lowest BCUT2D eigenvalue weighted by Gasteiger charge is -2.37. The van der Waals surface area contributed by atoms with Gasteiger partial charge >= 0.3 is 5.97 Å². The minimum absolute atomic E-state index is 0.136. The number of H-pyrrole nitrogens is 1. The van der Waals surface area contributed by atoms with Gasteiger partial charge in [-0.3, -0.25) is 14.7 Å². The summed E-state index contributed by atoms with van der Waals surface area (Å²) >= 11 is 0. The Labute approximate surface area is 121 Å². The lowest BCUT2D eigenvalue weighted by atomic mass is 9.89. The molecule has 3 rings (SSSR count). The Morgan fingerprint density at radius 2 is 2.24 bits per heavy atom. The van der Waals surface area contributed by atoms with E-state index in [2.05, 4.69) is 10.2 Å². The van der Waals surface area contributed by atoms with Crippen LogP contribution < -0.4 is 0 Å². The van der Waals surface area contributed by atoms with Crippen LogP contribution in [-0.4, -0.2) is 44.7 Å². The SMILES string of the molecule is C[C@@H]1[C@H](C(=O)O)CCCN1C(=O)c1cccc2cn[nH]c12. The molecule has 2 aromatic rings. The fourth-order valence-corrected chi connectivity index (χ4v) is 3.06. The van der Waals surface area contributed by atoms with Crippen molar-refractivity contribution in [3.05, 3.63) is 30.0 Å². The third-order valence-electron chi connectivity index (χ3n) is 4.27. The molecule has 2 heterocycles. The van der Waals surface area contributed by atoms with E-state index in [0.29, 0.717) is 30.5 Å². The van der Waals surface area contributed by atoms with Crippen LogP contribution in [0.15, 0.2) is 24.4 Å². The molecule has 1 amide bonds. The third kappa shape index (κ3) is 2.26. The van der Waals surface area contributed by atoms with E-state index in [9.17, 15) is 14.7 Å². The summed E-state index contributed by atoms with van der Waals surface area (Å²) in [5.41, 5.74) is 1.25. The average molecular weight is 287 g/mol. The van der Waals surface area contributed by atoms with E-state index in [0.717, 1.165) is 5.39 Å². The van der Waals surface area contributed by atoms with Gasteiger partial charge in [-0.25, -0.2) is 0 Å². The predicted octanol–water partition coefficient (Wildman–Crippen LogP) is 1.89. The average Bonchev–Trinajstić information content (AvgIpc) is 2.94. The van der Waals surface area contributed by atoms with E-state index in [4.69, 9.17) is 0 Å². The van der Waals surface area contributed by atoms with Crippen molar-refractivity contribution in [2.75, 3.05) is 6.54 Å². The number of hydrogen-bond acceptors (Lipinski definition) is 3. The number of carbonyl (C=O) groups is 2. The maximum Gasteiger partial charge on any atom is 0.308 e. The molecule has 1 aromatic carbocycles. The number of carbonyl (C=O) groups excluding carboxylic acids is 1. The number of likely N-dealkylation sites (tertiary alicyclic amines) is 1. The first-order valence-corrected chi connectivity index (χ1v) is 7.05. The Bertz CT molecular complexity index is 694. The van der Waals surface area contributed by atoms with Crippen molar-refractivity contribution >= 4 is 22.8 Å². The van der Waals surface area contributed by atoms with Gasteiger partial charge in [-0.15, -0.1) is 0 Å². The number of aromatic nitrogens is 2. The van der Waals surface area contributed by atoms with Gasteiger partial charge in [0.15, 0.2) is 0 Å². The van der Waals surface area contributed by atoms with Crippen molar-refractivity contribution < 1.29 is 14.7 Å². The monoisotopic (exact) mass is 287 g/mol. The van der Waals surface area contributed by atoms with Gasteiger partial charge in [0.25, 0.3) is 5.91 Å². The first-order chi connectivity index (χ1) is 10.1. The van der Waals surface area contributed by atoms with E-state index in [1.807, 2.05) is 19.1 Å². The van der Waals surface area contributed by atoms with Crippen LogP contribution in [0.1, 0.15) is 30.1 Å². The summed E-state index contributed by atoms with van der Waals surface area (Å²) in [4.78, 5) is 25.7. The number of carboxylic acid groups (broad SMARTS) is 1. The summed E-state index contributed by atoms with van der Waals surface area (Å²) in [7, 11) is 0. The van der Waals surface area contributed by atoms with Gasteiger partial charge in [-0.05, 0) is 25.8 Å². The zero-order chi connectivity index (χ0) is 15.0. The number of hydrogen-bond donors (Lipinski definition) is 2. The molecule has 0 saturated carbocycles. The molecular formula is C15H17N3O3. The van der Waals surface area contributed by atoms with Crippen LogP contribution in [0.3, 0.4) is 0 Å². The molecule has 2 atom stereocenters. The fourth-order valence-electron chi connectivity index (χ4n) is 3.06. The summed E-state index contributed by atoms with van der Waals surface area (Å²) in [5, 5.41) is 16.9. The summed E-state index contributed by atoms with van der Waals surface area (Å²) in [6, 6.07) is 5.14. The van der Waals surface area contributed by atoms with Gasteiger partial charge in [0.1, 0.15) is 0 Å². The van der Waals surface area contributed by atoms with E-state index in [-0.39, 0.29) is 11.9 Å². The predicted molar refractivity (Wildman–Crippen MR) is 77.0 cm³/mol.